The van der Waals surface area contributed by atoms with Gasteiger partial charge in [-0.05, 0) is 57.0 Å². The number of rotatable bonds is 3. The molecule has 1 aliphatic carbocycles. The third-order valence-corrected chi connectivity index (χ3v) is 4.89. The SMILES string of the molecule is Cc1ccncc1C(N)C1(N(C)C)CCCC(C)C1. The average Bonchev–Trinajstić information content (AvgIpc) is 2.38. The molecule has 3 atom stereocenters. The molecule has 1 saturated carbocycles. The molecule has 3 nitrogen and oxygen atoms in total. The van der Waals surface area contributed by atoms with Crippen LogP contribution in [0.15, 0.2) is 18.5 Å². The van der Waals surface area contributed by atoms with E-state index in [9.17, 15) is 0 Å². The predicted octanol–water partition coefficient (Wildman–Crippen LogP) is 2.90. The maximum absolute atomic E-state index is 6.69. The second kappa shape index (κ2) is 5.59. The largest absolute Gasteiger partial charge is 0.322 e. The summed E-state index contributed by atoms with van der Waals surface area (Å²) in [5.74, 6) is 0.749. The standard InChI is InChI=1S/C16H27N3/c1-12-6-5-8-16(10-12,19(3)4)15(17)14-11-18-9-7-13(14)2/h7,9,11-12,15H,5-6,8,10,17H2,1-4H3. The summed E-state index contributed by atoms with van der Waals surface area (Å²) in [6.07, 6.45) is 8.75. The van der Waals surface area contributed by atoms with Crippen LogP contribution < -0.4 is 5.73 Å². The first kappa shape index (κ1) is 14.5. The second-order valence-corrected chi connectivity index (χ2v) is 6.41. The van der Waals surface area contributed by atoms with Crippen LogP contribution in [0.5, 0.6) is 0 Å². The zero-order chi connectivity index (χ0) is 14.0. The normalized spacial score (nSPS) is 29.5. The maximum Gasteiger partial charge on any atom is 0.0500 e. The van der Waals surface area contributed by atoms with Crippen LogP contribution >= 0.6 is 0 Å². The monoisotopic (exact) mass is 261 g/mol. The van der Waals surface area contributed by atoms with Crippen molar-refractivity contribution in [3.63, 3.8) is 0 Å². The van der Waals surface area contributed by atoms with Crippen molar-refractivity contribution in [2.45, 2.75) is 51.1 Å². The lowest BCUT2D eigenvalue weighted by molar-refractivity contribution is 0.0496. The molecular weight excluding hydrogens is 234 g/mol. The molecule has 0 saturated heterocycles. The second-order valence-electron chi connectivity index (χ2n) is 6.41. The first-order valence-corrected chi connectivity index (χ1v) is 7.31. The van der Waals surface area contributed by atoms with Crippen LogP contribution in [0.25, 0.3) is 0 Å². The van der Waals surface area contributed by atoms with Crippen molar-refractivity contribution in [3.8, 4) is 0 Å². The fourth-order valence-electron chi connectivity index (χ4n) is 3.62. The fraction of sp³-hybridized carbons (Fsp3) is 0.688. The number of pyridine rings is 1. The molecule has 19 heavy (non-hydrogen) atoms. The van der Waals surface area contributed by atoms with Gasteiger partial charge in [0.05, 0.1) is 0 Å². The lowest BCUT2D eigenvalue weighted by Crippen LogP contribution is -2.55. The molecule has 2 N–H and O–H groups in total. The van der Waals surface area contributed by atoms with Gasteiger partial charge < -0.3 is 10.6 Å². The molecule has 0 spiro atoms. The van der Waals surface area contributed by atoms with Crippen LogP contribution in [0.3, 0.4) is 0 Å². The highest BCUT2D eigenvalue weighted by atomic mass is 15.2. The van der Waals surface area contributed by atoms with E-state index in [1.807, 2.05) is 12.4 Å². The van der Waals surface area contributed by atoms with E-state index in [1.165, 1.54) is 36.8 Å². The Morgan fingerprint density at radius 1 is 1.47 bits per heavy atom. The van der Waals surface area contributed by atoms with Gasteiger partial charge in [0, 0.05) is 24.0 Å². The van der Waals surface area contributed by atoms with E-state index in [1.54, 1.807) is 0 Å². The van der Waals surface area contributed by atoms with Crippen molar-refractivity contribution >= 4 is 0 Å². The highest BCUT2D eigenvalue weighted by Gasteiger charge is 2.43. The number of aromatic nitrogens is 1. The summed E-state index contributed by atoms with van der Waals surface area (Å²) in [6.45, 7) is 4.48. The summed E-state index contributed by atoms with van der Waals surface area (Å²) < 4.78 is 0. The first-order chi connectivity index (χ1) is 8.97. The van der Waals surface area contributed by atoms with Crippen molar-refractivity contribution in [2.75, 3.05) is 14.1 Å². The van der Waals surface area contributed by atoms with Gasteiger partial charge in [-0.1, -0.05) is 19.8 Å². The van der Waals surface area contributed by atoms with Crippen molar-refractivity contribution in [2.24, 2.45) is 11.7 Å². The number of likely N-dealkylation sites (N-methyl/N-ethyl adjacent to an activating group) is 1. The van der Waals surface area contributed by atoms with Crippen molar-refractivity contribution in [3.05, 3.63) is 29.6 Å². The highest BCUT2D eigenvalue weighted by molar-refractivity contribution is 5.28. The Morgan fingerprint density at radius 2 is 2.21 bits per heavy atom. The van der Waals surface area contributed by atoms with Crippen LogP contribution in [0.4, 0.5) is 0 Å². The molecule has 106 valence electrons. The Labute approximate surface area is 117 Å². The number of hydrogen-bond acceptors (Lipinski definition) is 3. The zero-order valence-electron chi connectivity index (χ0n) is 12.7. The molecule has 0 radical (unpaired) electrons. The minimum absolute atomic E-state index is 0.0407. The predicted molar refractivity (Wildman–Crippen MR) is 80.0 cm³/mol. The minimum atomic E-state index is 0.0407. The van der Waals surface area contributed by atoms with E-state index in [0.717, 1.165) is 5.92 Å². The van der Waals surface area contributed by atoms with Crippen LogP contribution in [-0.2, 0) is 0 Å². The molecule has 3 heteroatoms. The Balaban J connectivity index is 2.36. The van der Waals surface area contributed by atoms with Gasteiger partial charge in [0.1, 0.15) is 0 Å². The fourth-order valence-corrected chi connectivity index (χ4v) is 3.62. The van der Waals surface area contributed by atoms with Crippen LogP contribution in [0, 0.1) is 12.8 Å². The Morgan fingerprint density at radius 3 is 2.79 bits per heavy atom. The van der Waals surface area contributed by atoms with Gasteiger partial charge in [-0.25, -0.2) is 0 Å². The van der Waals surface area contributed by atoms with E-state index in [2.05, 4.69) is 43.9 Å². The minimum Gasteiger partial charge on any atom is -0.322 e. The Kier molecular flexibility index (Phi) is 4.26. The van der Waals surface area contributed by atoms with Crippen LogP contribution in [0.1, 0.15) is 49.8 Å². The molecule has 1 heterocycles. The van der Waals surface area contributed by atoms with Gasteiger partial charge in [0.2, 0.25) is 0 Å². The lowest BCUT2D eigenvalue weighted by atomic mass is 9.69. The van der Waals surface area contributed by atoms with E-state index >= 15 is 0 Å². The number of aryl methyl sites for hydroxylation is 1. The highest BCUT2D eigenvalue weighted by Crippen LogP contribution is 2.43. The van der Waals surface area contributed by atoms with E-state index in [0.29, 0.717) is 0 Å². The first-order valence-electron chi connectivity index (χ1n) is 7.31. The zero-order valence-corrected chi connectivity index (χ0v) is 12.7. The van der Waals surface area contributed by atoms with E-state index in [4.69, 9.17) is 5.73 Å². The molecule has 1 aromatic heterocycles. The van der Waals surface area contributed by atoms with Gasteiger partial charge in [0.15, 0.2) is 0 Å². The maximum atomic E-state index is 6.69. The van der Waals surface area contributed by atoms with E-state index in [-0.39, 0.29) is 11.6 Å². The van der Waals surface area contributed by atoms with Crippen LogP contribution in [-0.4, -0.2) is 29.5 Å². The number of nitrogens with two attached hydrogens (primary N) is 1. The Hall–Kier alpha value is -0.930. The molecule has 1 aliphatic rings. The third kappa shape index (κ3) is 2.67. The molecule has 2 rings (SSSR count). The summed E-state index contributed by atoms with van der Waals surface area (Å²) in [5.41, 5.74) is 9.21. The summed E-state index contributed by atoms with van der Waals surface area (Å²) in [4.78, 5) is 6.62. The summed E-state index contributed by atoms with van der Waals surface area (Å²) >= 11 is 0. The van der Waals surface area contributed by atoms with Crippen molar-refractivity contribution in [1.82, 2.24) is 9.88 Å². The molecule has 1 fully saturated rings. The average molecular weight is 261 g/mol. The van der Waals surface area contributed by atoms with Gasteiger partial charge >= 0.3 is 0 Å². The molecule has 0 aromatic carbocycles. The Bertz CT molecular complexity index is 430. The smallest absolute Gasteiger partial charge is 0.0500 e. The third-order valence-electron chi connectivity index (χ3n) is 4.89. The number of nitrogens with zero attached hydrogens (tertiary/aromatic N) is 2. The van der Waals surface area contributed by atoms with Gasteiger partial charge in [-0.2, -0.15) is 0 Å². The molecule has 0 amide bonds. The molecule has 1 aromatic rings. The molecule has 3 unspecified atom stereocenters. The quantitative estimate of drug-likeness (QED) is 0.909. The molecule has 0 bridgehead atoms. The van der Waals surface area contributed by atoms with Gasteiger partial charge in [-0.3, -0.25) is 4.98 Å². The van der Waals surface area contributed by atoms with Crippen molar-refractivity contribution < 1.29 is 0 Å². The summed E-state index contributed by atoms with van der Waals surface area (Å²) in [5, 5.41) is 0. The van der Waals surface area contributed by atoms with Crippen molar-refractivity contribution in [1.29, 1.82) is 0 Å². The summed E-state index contributed by atoms with van der Waals surface area (Å²) in [7, 11) is 4.34. The molecule has 0 aliphatic heterocycles. The number of hydrogen-bond donors (Lipinski definition) is 1. The van der Waals surface area contributed by atoms with Crippen LogP contribution in [0.2, 0.25) is 0 Å². The lowest BCUT2D eigenvalue weighted by Gasteiger charge is -2.49. The van der Waals surface area contributed by atoms with Gasteiger partial charge in [-0.15, -0.1) is 0 Å². The molecular formula is C16H27N3. The van der Waals surface area contributed by atoms with Gasteiger partial charge in [0.25, 0.3) is 0 Å². The van der Waals surface area contributed by atoms with E-state index < -0.39 is 0 Å². The topological polar surface area (TPSA) is 42.1 Å². The summed E-state index contributed by atoms with van der Waals surface area (Å²) in [6, 6.07) is 2.10.